The molecule has 4 heteroatoms. The van der Waals surface area contributed by atoms with Gasteiger partial charge in [-0.25, -0.2) is 4.79 Å². The molecule has 0 bridgehead atoms. The summed E-state index contributed by atoms with van der Waals surface area (Å²) in [5, 5.41) is 5.74. The van der Waals surface area contributed by atoms with Crippen molar-refractivity contribution in [1.82, 2.24) is 10.6 Å². The van der Waals surface area contributed by atoms with E-state index in [-0.39, 0.29) is 11.6 Å². The van der Waals surface area contributed by atoms with Gasteiger partial charge < -0.3 is 15.4 Å². The van der Waals surface area contributed by atoms with Crippen LogP contribution in [0, 0.1) is 13.8 Å². The molecule has 0 fully saturated rings. The normalized spacial score (nSPS) is 11.1. The van der Waals surface area contributed by atoms with Gasteiger partial charge in [0.05, 0.1) is 7.11 Å². The first-order chi connectivity index (χ1) is 8.73. The third kappa shape index (κ3) is 4.81. The van der Waals surface area contributed by atoms with Gasteiger partial charge in [-0.05, 0) is 57.4 Å². The Bertz CT molecular complexity index is 462. The molecule has 0 aliphatic carbocycles. The standard InChI is InChI=1S/C15H24N2O2/c1-10-8-13(19-6)11(2)7-12(10)9-16-14(18)17-15(3,4)5/h7-8H,9H2,1-6H3,(H2,16,17,18). The van der Waals surface area contributed by atoms with Crippen LogP contribution in [0.5, 0.6) is 5.75 Å². The molecule has 0 atom stereocenters. The summed E-state index contributed by atoms with van der Waals surface area (Å²) in [5.74, 6) is 0.875. The van der Waals surface area contributed by atoms with Gasteiger partial charge in [0.1, 0.15) is 5.75 Å². The highest BCUT2D eigenvalue weighted by molar-refractivity contribution is 5.74. The Kier molecular flexibility index (Phi) is 4.81. The molecule has 1 aromatic carbocycles. The Hall–Kier alpha value is -1.71. The van der Waals surface area contributed by atoms with E-state index in [4.69, 9.17) is 4.74 Å². The topological polar surface area (TPSA) is 50.4 Å². The lowest BCUT2D eigenvalue weighted by Crippen LogP contribution is -2.46. The van der Waals surface area contributed by atoms with Crippen molar-refractivity contribution in [3.05, 3.63) is 28.8 Å². The third-order valence-corrected chi connectivity index (χ3v) is 2.78. The SMILES string of the molecule is COc1cc(C)c(CNC(=O)NC(C)(C)C)cc1C. The summed E-state index contributed by atoms with van der Waals surface area (Å²) in [4.78, 5) is 11.7. The fourth-order valence-electron chi connectivity index (χ4n) is 1.82. The van der Waals surface area contributed by atoms with Crippen molar-refractivity contribution in [3.8, 4) is 5.75 Å². The highest BCUT2D eigenvalue weighted by Crippen LogP contribution is 2.22. The number of nitrogens with one attached hydrogen (secondary N) is 2. The van der Waals surface area contributed by atoms with Crippen LogP contribution in [0.1, 0.15) is 37.5 Å². The highest BCUT2D eigenvalue weighted by Gasteiger charge is 2.13. The molecule has 1 aromatic rings. The Morgan fingerprint density at radius 1 is 1.21 bits per heavy atom. The maximum absolute atomic E-state index is 11.7. The van der Waals surface area contributed by atoms with Crippen molar-refractivity contribution >= 4 is 6.03 Å². The largest absolute Gasteiger partial charge is 0.496 e. The van der Waals surface area contributed by atoms with E-state index >= 15 is 0 Å². The molecule has 0 heterocycles. The van der Waals surface area contributed by atoms with Gasteiger partial charge in [-0.3, -0.25) is 0 Å². The van der Waals surface area contributed by atoms with Crippen molar-refractivity contribution in [2.45, 2.75) is 46.7 Å². The monoisotopic (exact) mass is 264 g/mol. The number of urea groups is 1. The molecule has 0 aliphatic heterocycles. The number of hydrogen-bond donors (Lipinski definition) is 2. The molecule has 19 heavy (non-hydrogen) atoms. The molecule has 0 saturated heterocycles. The summed E-state index contributed by atoms with van der Waals surface area (Å²) in [6.45, 7) is 10.4. The molecular formula is C15H24N2O2. The molecule has 0 saturated carbocycles. The molecule has 0 spiro atoms. The molecule has 0 radical (unpaired) electrons. The van der Waals surface area contributed by atoms with E-state index in [2.05, 4.69) is 10.6 Å². The number of carbonyl (C=O) groups is 1. The Morgan fingerprint density at radius 3 is 2.37 bits per heavy atom. The van der Waals surface area contributed by atoms with E-state index in [0.29, 0.717) is 6.54 Å². The number of benzene rings is 1. The zero-order chi connectivity index (χ0) is 14.6. The number of methoxy groups -OCH3 is 1. The summed E-state index contributed by atoms with van der Waals surface area (Å²) in [5.41, 5.74) is 3.05. The van der Waals surface area contributed by atoms with Crippen LogP contribution in [0.2, 0.25) is 0 Å². The minimum Gasteiger partial charge on any atom is -0.496 e. The Morgan fingerprint density at radius 2 is 1.84 bits per heavy atom. The Balaban J connectivity index is 2.68. The summed E-state index contributed by atoms with van der Waals surface area (Å²) in [6.07, 6.45) is 0. The first-order valence-corrected chi connectivity index (χ1v) is 6.43. The first-order valence-electron chi connectivity index (χ1n) is 6.43. The van der Waals surface area contributed by atoms with Gasteiger partial charge in [-0.2, -0.15) is 0 Å². The minimum atomic E-state index is -0.227. The number of aryl methyl sites for hydroxylation is 2. The Labute approximate surface area is 115 Å². The second-order valence-corrected chi connectivity index (χ2v) is 5.81. The number of rotatable bonds is 3. The quantitative estimate of drug-likeness (QED) is 0.882. The lowest BCUT2D eigenvalue weighted by Gasteiger charge is -2.21. The summed E-state index contributed by atoms with van der Waals surface area (Å²) in [7, 11) is 1.66. The molecule has 0 aliphatic rings. The van der Waals surface area contributed by atoms with E-state index in [1.54, 1.807) is 7.11 Å². The summed E-state index contributed by atoms with van der Waals surface area (Å²) in [6, 6.07) is 3.89. The zero-order valence-electron chi connectivity index (χ0n) is 12.7. The van der Waals surface area contributed by atoms with Crippen molar-refractivity contribution in [3.63, 3.8) is 0 Å². The van der Waals surface area contributed by atoms with Crippen LogP contribution >= 0.6 is 0 Å². The van der Waals surface area contributed by atoms with E-state index in [0.717, 1.165) is 22.4 Å². The highest BCUT2D eigenvalue weighted by atomic mass is 16.5. The van der Waals surface area contributed by atoms with E-state index < -0.39 is 0 Å². The lowest BCUT2D eigenvalue weighted by atomic mass is 10.0. The lowest BCUT2D eigenvalue weighted by molar-refractivity contribution is 0.231. The minimum absolute atomic E-state index is 0.152. The number of hydrogen-bond acceptors (Lipinski definition) is 2. The molecule has 0 unspecified atom stereocenters. The molecule has 2 N–H and O–H groups in total. The zero-order valence-corrected chi connectivity index (χ0v) is 12.7. The van der Waals surface area contributed by atoms with Gasteiger partial charge in [0.15, 0.2) is 0 Å². The third-order valence-electron chi connectivity index (χ3n) is 2.78. The van der Waals surface area contributed by atoms with Gasteiger partial charge in [0, 0.05) is 12.1 Å². The van der Waals surface area contributed by atoms with Crippen LogP contribution in [0.3, 0.4) is 0 Å². The van der Waals surface area contributed by atoms with Gasteiger partial charge in [-0.15, -0.1) is 0 Å². The average molecular weight is 264 g/mol. The molecule has 4 nitrogen and oxygen atoms in total. The van der Waals surface area contributed by atoms with Crippen molar-refractivity contribution < 1.29 is 9.53 Å². The molecule has 1 rings (SSSR count). The van der Waals surface area contributed by atoms with Crippen LogP contribution in [-0.2, 0) is 6.54 Å². The second-order valence-electron chi connectivity index (χ2n) is 5.81. The average Bonchev–Trinajstić information content (AvgIpc) is 2.27. The van der Waals surface area contributed by atoms with Crippen LogP contribution in [0.4, 0.5) is 4.79 Å². The summed E-state index contributed by atoms with van der Waals surface area (Å²) >= 11 is 0. The maximum atomic E-state index is 11.7. The molecule has 2 amide bonds. The van der Waals surface area contributed by atoms with Crippen LogP contribution in [0.15, 0.2) is 12.1 Å². The number of ether oxygens (including phenoxy) is 1. The molecule has 0 aromatic heterocycles. The van der Waals surface area contributed by atoms with Crippen molar-refractivity contribution in [2.75, 3.05) is 7.11 Å². The van der Waals surface area contributed by atoms with Crippen LogP contribution in [0.25, 0.3) is 0 Å². The van der Waals surface area contributed by atoms with E-state index in [1.165, 1.54) is 0 Å². The van der Waals surface area contributed by atoms with Gasteiger partial charge in [0.2, 0.25) is 0 Å². The van der Waals surface area contributed by atoms with Crippen LogP contribution < -0.4 is 15.4 Å². The van der Waals surface area contributed by atoms with Gasteiger partial charge in [0.25, 0.3) is 0 Å². The molecule has 106 valence electrons. The molecular weight excluding hydrogens is 240 g/mol. The number of amides is 2. The maximum Gasteiger partial charge on any atom is 0.315 e. The fourth-order valence-corrected chi connectivity index (χ4v) is 1.82. The van der Waals surface area contributed by atoms with Gasteiger partial charge in [-0.1, -0.05) is 6.07 Å². The van der Waals surface area contributed by atoms with Crippen molar-refractivity contribution in [2.24, 2.45) is 0 Å². The predicted octanol–water partition coefficient (Wildman–Crippen LogP) is 2.91. The number of carbonyl (C=O) groups excluding carboxylic acids is 1. The summed E-state index contributed by atoms with van der Waals surface area (Å²) < 4.78 is 5.27. The van der Waals surface area contributed by atoms with E-state index in [9.17, 15) is 4.79 Å². The fraction of sp³-hybridized carbons (Fsp3) is 0.533. The smallest absolute Gasteiger partial charge is 0.315 e. The second kappa shape index (κ2) is 5.95. The van der Waals surface area contributed by atoms with Crippen molar-refractivity contribution in [1.29, 1.82) is 0 Å². The van der Waals surface area contributed by atoms with Gasteiger partial charge >= 0.3 is 6.03 Å². The van der Waals surface area contributed by atoms with E-state index in [1.807, 2.05) is 46.8 Å². The predicted molar refractivity (Wildman–Crippen MR) is 77.6 cm³/mol. The van der Waals surface area contributed by atoms with Crippen LogP contribution in [-0.4, -0.2) is 18.7 Å². The first kappa shape index (κ1) is 15.3.